The van der Waals surface area contributed by atoms with Gasteiger partial charge in [0.25, 0.3) is 0 Å². The van der Waals surface area contributed by atoms with Crippen LogP contribution >= 0.6 is 15.6 Å². The van der Waals surface area contributed by atoms with Crippen LogP contribution in [0, 0.1) is 0 Å². The minimum absolute atomic E-state index is 0.0114. The Hall–Kier alpha value is -5.32. The highest BCUT2D eigenvalue weighted by Gasteiger charge is 2.30. The van der Waals surface area contributed by atoms with Crippen LogP contribution in [-0.4, -0.2) is 96.7 Å². The van der Waals surface area contributed by atoms with Crippen LogP contribution in [0.3, 0.4) is 0 Å². The van der Waals surface area contributed by atoms with Crippen molar-refractivity contribution in [2.24, 2.45) is 0 Å². The average molecular weight is 1440 g/mol. The highest BCUT2D eigenvalue weighted by atomic mass is 31.2. The fourth-order valence-electron chi connectivity index (χ4n) is 9.36. The normalized spacial score (nSPS) is 14.8. The van der Waals surface area contributed by atoms with Crippen molar-refractivity contribution in [3.63, 3.8) is 0 Å². The number of carbonyl (C=O) groups is 4. The van der Waals surface area contributed by atoms with Gasteiger partial charge in [0.15, 0.2) is 12.2 Å². The number of aliphatic hydroxyl groups is 1. The summed E-state index contributed by atoms with van der Waals surface area (Å²) in [7, 11) is -10.0. The minimum atomic E-state index is -5.02. The molecule has 0 bridgehead atoms. The monoisotopic (exact) mass is 1440 g/mol. The van der Waals surface area contributed by atoms with E-state index < -0.39 is 97.5 Å². The van der Waals surface area contributed by atoms with Gasteiger partial charge in [-0.1, -0.05) is 288 Å². The predicted octanol–water partition coefficient (Wildman–Crippen LogP) is 21.7. The maximum absolute atomic E-state index is 13.1. The summed E-state index contributed by atoms with van der Waals surface area (Å²) < 4.78 is 68.2. The lowest BCUT2D eigenvalue weighted by atomic mass is 10.0. The van der Waals surface area contributed by atoms with Crippen molar-refractivity contribution < 1.29 is 80.2 Å². The zero-order valence-corrected chi connectivity index (χ0v) is 63.6. The van der Waals surface area contributed by atoms with Gasteiger partial charge in [-0.3, -0.25) is 37.3 Å². The Morgan fingerprint density at radius 2 is 0.600 bits per heavy atom. The number of allylic oxidation sites excluding steroid dienone is 25. The molecule has 3 N–H and O–H groups in total. The quantitative estimate of drug-likeness (QED) is 0.0169. The number of ether oxygens (including phenoxy) is 4. The predicted molar refractivity (Wildman–Crippen MR) is 408 cm³/mol. The van der Waals surface area contributed by atoms with E-state index in [1.807, 2.05) is 30.4 Å². The minimum Gasteiger partial charge on any atom is -0.462 e. The standard InChI is InChI=1S/C81H132O17P2/c1-5-9-13-17-21-25-29-33-35-36-37-38-40-43-46-50-54-58-62-66-79(84)92-72-77(98-81(86)68-64-60-56-52-48-44-39-34-30-26-22-18-14-10-6-2)74-96-100(89,90)94-70-75(82)69-93-99(87,88)95-73-76(97-80(85)67-63-59-55-51-47-42-32-28-24-20-16-12-8-4)71-91-78(83)65-61-57-53-49-45-41-31-27-23-19-15-11-7-3/h9-10,13-15,19,21-22,25-27,31,33-35,37-39,43,46,48,52,54,58,60,64,75-77,82H,5-8,11-12,16-18,20,23-24,28-30,32,36,40-42,44-45,47,49-51,53,55-57,59,61-63,65-74H2,1-4H3,(H,87,88)(H,89,90)/b13-9-,14-10-,19-15-,25-21-,26-22-,31-27-,35-33-,38-37-,39-34-,46-43-,52-48-,58-54-,64-60-. The van der Waals surface area contributed by atoms with Crippen LogP contribution in [0.4, 0.5) is 0 Å². The van der Waals surface area contributed by atoms with Crippen LogP contribution in [0.2, 0.25) is 0 Å². The van der Waals surface area contributed by atoms with Gasteiger partial charge in [0, 0.05) is 19.3 Å². The number of hydrogen-bond acceptors (Lipinski definition) is 15. The number of aliphatic hydroxyl groups excluding tert-OH is 1. The lowest BCUT2D eigenvalue weighted by Gasteiger charge is -2.21. The summed E-state index contributed by atoms with van der Waals surface area (Å²) in [5.41, 5.74) is 0. The molecule has 0 rings (SSSR count). The van der Waals surface area contributed by atoms with E-state index in [9.17, 15) is 43.2 Å². The molecule has 0 amide bonds. The second-order valence-corrected chi connectivity index (χ2v) is 27.4. The first-order valence-corrected chi connectivity index (χ1v) is 40.7. The maximum Gasteiger partial charge on any atom is 0.472 e. The molecule has 19 heteroatoms. The fourth-order valence-corrected chi connectivity index (χ4v) is 10.9. The zero-order valence-electron chi connectivity index (χ0n) is 61.8. The molecule has 0 fully saturated rings. The van der Waals surface area contributed by atoms with Gasteiger partial charge >= 0.3 is 39.5 Å². The number of phosphoric ester groups is 2. The van der Waals surface area contributed by atoms with Crippen molar-refractivity contribution in [2.75, 3.05) is 39.6 Å². The van der Waals surface area contributed by atoms with Crippen molar-refractivity contribution in [1.82, 2.24) is 0 Å². The highest BCUT2D eigenvalue weighted by molar-refractivity contribution is 7.47. The molecule has 0 aromatic carbocycles. The van der Waals surface area contributed by atoms with E-state index in [4.69, 9.17) is 37.0 Å². The number of rotatable bonds is 69. The molecule has 100 heavy (non-hydrogen) atoms. The smallest absolute Gasteiger partial charge is 0.462 e. The Labute approximate surface area is 604 Å². The molecule has 0 aliphatic rings. The van der Waals surface area contributed by atoms with Crippen molar-refractivity contribution in [2.45, 2.75) is 290 Å². The van der Waals surface area contributed by atoms with E-state index >= 15 is 0 Å². The molecule has 5 atom stereocenters. The van der Waals surface area contributed by atoms with Crippen LogP contribution in [0.5, 0.6) is 0 Å². The van der Waals surface area contributed by atoms with Crippen molar-refractivity contribution >= 4 is 39.5 Å². The summed E-state index contributed by atoms with van der Waals surface area (Å²) in [6.07, 6.45) is 82.9. The molecule has 0 aliphatic carbocycles. The Kier molecular flexibility index (Phi) is 68.2. The molecule has 0 radical (unpaired) electrons. The fraction of sp³-hybridized carbons (Fsp3) is 0.630. The van der Waals surface area contributed by atoms with Crippen molar-refractivity contribution in [3.8, 4) is 0 Å². The van der Waals surface area contributed by atoms with Gasteiger partial charge in [0.05, 0.1) is 32.8 Å². The Morgan fingerprint density at radius 3 is 0.990 bits per heavy atom. The Bertz CT molecular complexity index is 2520. The number of unbranched alkanes of at least 4 members (excludes halogenated alkanes) is 18. The summed E-state index contributed by atoms with van der Waals surface area (Å²) in [5.74, 6) is -2.45. The van der Waals surface area contributed by atoms with E-state index in [2.05, 4.69) is 143 Å². The summed E-state index contributed by atoms with van der Waals surface area (Å²) in [6, 6.07) is 0. The second-order valence-electron chi connectivity index (χ2n) is 24.5. The van der Waals surface area contributed by atoms with Crippen LogP contribution < -0.4 is 0 Å². The molecule has 0 aliphatic heterocycles. The second kappa shape index (κ2) is 72.0. The molecule has 0 spiro atoms. The summed E-state index contributed by atoms with van der Waals surface area (Å²) in [5, 5.41) is 10.6. The first kappa shape index (κ1) is 94.7. The molecular weight excluding hydrogens is 1310 g/mol. The third-order valence-corrected chi connectivity index (χ3v) is 16.9. The third kappa shape index (κ3) is 71.1. The van der Waals surface area contributed by atoms with Crippen molar-refractivity contribution in [1.29, 1.82) is 0 Å². The molecular formula is C81H132O17P2. The molecule has 0 aromatic heterocycles. The molecule has 0 saturated heterocycles. The number of phosphoric acid groups is 2. The van der Waals surface area contributed by atoms with Crippen LogP contribution in [-0.2, 0) is 65.4 Å². The summed E-state index contributed by atoms with van der Waals surface area (Å²) in [6.45, 7) is 4.34. The van der Waals surface area contributed by atoms with E-state index in [-0.39, 0.29) is 25.7 Å². The average Bonchev–Trinajstić information content (AvgIpc) is 0.946. The van der Waals surface area contributed by atoms with E-state index in [0.29, 0.717) is 32.1 Å². The van der Waals surface area contributed by atoms with Crippen LogP contribution in [0.25, 0.3) is 0 Å². The number of hydrogen-bond donors (Lipinski definition) is 3. The number of esters is 4. The van der Waals surface area contributed by atoms with E-state index in [1.165, 1.54) is 51.4 Å². The first-order valence-electron chi connectivity index (χ1n) is 37.7. The highest BCUT2D eigenvalue weighted by Crippen LogP contribution is 2.45. The molecule has 5 unspecified atom stereocenters. The molecule has 568 valence electrons. The maximum atomic E-state index is 13.1. The van der Waals surface area contributed by atoms with Gasteiger partial charge in [0.1, 0.15) is 19.3 Å². The summed E-state index contributed by atoms with van der Waals surface area (Å²) in [4.78, 5) is 72.7. The van der Waals surface area contributed by atoms with Gasteiger partial charge in [-0.2, -0.15) is 0 Å². The molecule has 17 nitrogen and oxygen atoms in total. The SMILES string of the molecule is CC/C=C\C/C=C\C/C=C\C/C=C\C/C=C\C/C=C\CCC(=O)OCC(COP(=O)(O)OCC(O)COP(=O)(O)OCC(COC(=O)CCCCCCC/C=C\C/C=C\CCC)OC(=O)CCCCCCCCCCCCCCC)OC(=O)C/C=C\C/C=C\C/C=C\C/C=C\C/C=C\CC. The molecule has 0 aromatic rings. The first-order chi connectivity index (χ1) is 48.7. The van der Waals surface area contributed by atoms with Gasteiger partial charge in [-0.05, 0) is 116 Å². The Morgan fingerprint density at radius 1 is 0.300 bits per heavy atom. The largest absolute Gasteiger partial charge is 0.472 e. The molecule has 0 heterocycles. The third-order valence-electron chi connectivity index (χ3n) is 15.0. The number of carbonyl (C=O) groups excluding carboxylic acids is 4. The van der Waals surface area contributed by atoms with E-state index in [0.717, 1.165) is 135 Å². The summed E-state index contributed by atoms with van der Waals surface area (Å²) >= 11 is 0. The van der Waals surface area contributed by atoms with E-state index in [1.54, 1.807) is 12.2 Å². The van der Waals surface area contributed by atoms with Gasteiger partial charge in [-0.25, -0.2) is 9.13 Å². The Balaban J connectivity index is 5.49. The lowest BCUT2D eigenvalue weighted by Crippen LogP contribution is -2.30. The van der Waals surface area contributed by atoms with Gasteiger partial charge in [-0.15, -0.1) is 0 Å². The topological polar surface area (TPSA) is 237 Å². The van der Waals surface area contributed by atoms with Crippen molar-refractivity contribution in [3.05, 3.63) is 158 Å². The van der Waals surface area contributed by atoms with Crippen LogP contribution in [0.1, 0.15) is 272 Å². The zero-order chi connectivity index (χ0) is 73.2. The lowest BCUT2D eigenvalue weighted by molar-refractivity contribution is -0.161. The van der Waals surface area contributed by atoms with Gasteiger partial charge < -0.3 is 33.8 Å². The van der Waals surface area contributed by atoms with Crippen LogP contribution in [0.15, 0.2) is 158 Å². The van der Waals surface area contributed by atoms with Gasteiger partial charge in [0.2, 0.25) is 0 Å². The molecule has 0 saturated carbocycles.